The molecular weight excluding hydrogens is 138 g/mol. The zero-order chi connectivity index (χ0) is 7.98. The van der Waals surface area contributed by atoms with Crippen LogP contribution in [0.3, 0.4) is 0 Å². The van der Waals surface area contributed by atoms with E-state index in [0.29, 0.717) is 0 Å². The Morgan fingerprint density at radius 1 is 1.60 bits per heavy atom. The highest BCUT2D eigenvalue weighted by atomic mass is 16.4. The molecule has 0 aromatic rings. The lowest BCUT2D eigenvalue weighted by Crippen LogP contribution is -2.32. The molecule has 6 nitrogen and oxygen atoms in total. The summed E-state index contributed by atoms with van der Waals surface area (Å²) in [7, 11) is 0. The summed E-state index contributed by atoms with van der Waals surface area (Å²) < 4.78 is 0. The summed E-state index contributed by atoms with van der Waals surface area (Å²) >= 11 is 0. The molecule has 0 aliphatic carbocycles. The normalized spacial score (nSPS) is 11.4. The van der Waals surface area contributed by atoms with Crippen molar-refractivity contribution in [2.24, 2.45) is 10.9 Å². The second kappa shape index (κ2) is 4.57. The maximum Gasteiger partial charge on any atom is 0.317 e. The zero-order valence-corrected chi connectivity index (χ0v) is 5.24. The van der Waals surface area contributed by atoms with E-state index < -0.39 is 5.97 Å². The molecule has 0 fully saturated rings. The number of carboxylic acids is 1. The molecule has 0 rings (SSSR count). The molecule has 10 heavy (non-hydrogen) atoms. The van der Waals surface area contributed by atoms with Crippen molar-refractivity contribution >= 4 is 11.8 Å². The Labute approximate surface area is 57.3 Å². The minimum atomic E-state index is -0.981. The van der Waals surface area contributed by atoms with Crippen LogP contribution in [0.2, 0.25) is 0 Å². The third-order valence-corrected chi connectivity index (χ3v) is 0.711. The molecule has 0 amide bonds. The number of hydrogen-bond acceptors (Lipinski definition) is 4. The van der Waals surface area contributed by atoms with Crippen LogP contribution in [0, 0.1) is 0 Å². The molecule has 0 spiro atoms. The van der Waals surface area contributed by atoms with Crippen molar-refractivity contribution in [1.29, 1.82) is 0 Å². The van der Waals surface area contributed by atoms with Gasteiger partial charge in [0.25, 0.3) is 0 Å². The molecule has 0 radical (unpaired) electrons. The fraction of sp³-hybridized carbons (Fsp3) is 0.500. The van der Waals surface area contributed by atoms with Crippen LogP contribution in [0.5, 0.6) is 0 Å². The second-order valence-electron chi connectivity index (χ2n) is 1.59. The van der Waals surface area contributed by atoms with E-state index in [9.17, 15) is 4.79 Å². The average Bonchev–Trinajstić information content (AvgIpc) is 1.87. The second-order valence-corrected chi connectivity index (χ2v) is 1.59. The summed E-state index contributed by atoms with van der Waals surface area (Å²) in [4.78, 5) is 9.86. The van der Waals surface area contributed by atoms with Crippen LogP contribution in [0.1, 0.15) is 0 Å². The maximum absolute atomic E-state index is 9.86. The van der Waals surface area contributed by atoms with E-state index in [1.807, 2.05) is 0 Å². The molecule has 0 saturated carbocycles. The topological polar surface area (TPSA) is 108 Å². The molecule has 0 aliphatic heterocycles. The van der Waals surface area contributed by atoms with Gasteiger partial charge >= 0.3 is 5.97 Å². The van der Waals surface area contributed by atoms with E-state index in [4.69, 9.17) is 16.0 Å². The van der Waals surface area contributed by atoms with E-state index in [1.165, 1.54) is 0 Å². The van der Waals surface area contributed by atoms with Gasteiger partial charge in [0, 0.05) is 0 Å². The smallest absolute Gasteiger partial charge is 0.317 e. The van der Waals surface area contributed by atoms with Crippen molar-refractivity contribution in [1.82, 2.24) is 5.32 Å². The van der Waals surface area contributed by atoms with Crippen molar-refractivity contribution < 1.29 is 15.1 Å². The number of nitrogens with two attached hydrogens (primary N) is 1. The van der Waals surface area contributed by atoms with E-state index in [0.717, 1.165) is 0 Å². The standard InChI is InChI=1S/C4H9N3O3/c5-3(7-10)1-6-2-4(8)9/h6,10H,1-2H2,(H2,5,7)(H,8,9). The monoisotopic (exact) mass is 147 g/mol. The summed E-state index contributed by atoms with van der Waals surface area (Å²) in [5.41, 5.74) is 5.00. The Bertz CT molecular complexity index is 145. The third-order valence-electron chi connectivity index (χ3n) is 0.711. The summed E-state index contributed by atoms with van der Waals surface area (Å²) in [5, 5.41) is 21.1. The summed E-state index contributed by atoms with van der Waals surface area (Å²) in [6.45, 7) is -0.126. The quantitative estimate of drug-likeness (QED) is 0.166. The van der Waals surface area contributed by atoms with Gasteiger partial charge in [-0.25, -0.2) is 0 Å². The molecule has 0 aliphatic rings. The van der Waals surface area contributed by atoms with Crippen LogP contribution in [-0.2, 0) is 4.79 Å². The molecule has 0 saturated heterocycles. The molecule has 0 bridgehead atoms. The molecule has 0 aromatic carbocycles. The minimum Gasteiger partial charge on any atom is -0.480 e. The van der Waals surface area contributed by atoms with Crippen LogP contribution >= 0.6 is 0 Å². The van der Waals surface area contributed by atoms with E-state index in [1.54, 1.807) is 0 Å². The molecular formula is C4H9N3O3. The zero-order valence-electron chi connectivity index (χ0n) is 5.24. The van der Waals surface area contributed by atoms with Gasteiger partial charge in [-0.2, -0.15) is 0 Å². The number of nitrogens with zero attached hydrogens (tertiary/aromatic N) is 1. The van der Waals surface area contributed by atoms with Crippen molar-refractivity contribution in [2.75, 3.05) is 13.1 Å². The molecule has 5 N–H and O–H groups in total. The summed E-state index contributed by atoms with van der Waals surface area (Å²) in [6, 6.07) is 0. The molecule has 58 valence electrons. The Morgan fingerprint density at radius 2 is 2.20 bits per heavy atom. The van der Waals surface area contributed by atoms with Crippen LogP contribution < -0.4 is 11.1 Å². The average molecular weight is 147 g/mol. The van der Waals surface area contributed by atoms with E-state index in [-0.39, 0.29) is 18.9 Å². The van der Waals surface area contributed by atoms with Gasteiger partial charge in [-0.15, -0.1) is 0 Å². The van der Waals surface area contributed by atoms with E-state index >= 15 is 0 Å². The van der Waals surface area contributed by atoms with Crippen LogP contribution in [-0.4, -0.2) is 35.2 Å². The number of carboxylic acid groups (broad SMARTS) is 1. The van der Waals surface area contributed by atoms with Crippen LogP contribution in [0.4, 0.5) is 0 Å². The van der Waals surface area contributed by atoms with Gasteiger partial charge in [-0.3, -0.25) is 10.1 Å². The van der Waals surface area contributed by atoms with Gasteiger partial charge in [-0.05, 0) is 0 Å². The molecule has 0 aromatic heterocycles. The number of carbonyl (C=O) groups is 1. The fourth-order valence-corrected chi connectivity index (χ4v) is 0.333. The highest BCUT2D eigenvalue weighted by molar-refractivity contribution is 5.82. The lowest BCUT2D eigenvalue weighted by atomic mass is 10.5. The number of rotatable bonds is 4. The lowest BCUT2D eigenvalue weighted by molar-refractivity contribution is -0.135. The van der Waals surface area contributed by atoms with Crippen molar-refractivity contribution in [3.8, 4) is 0 Å². The summed E-state index contributed by atoms with van der Waals surface area (Å²) in [6.07, 6.45) is 0. The van der Waals surface area contributed by atoms with Crippen molar-refractivity contribution in [2.45, 2.75) is 0 Å². The fourth-order valence-electron chi connectivity index (χ4n) is 0.333. The van der Waals surface area contributed by atoms with Gasteiger partial charge in [-0.1, -0.05) is 5.16 Å². The van der Waals surface area contributed by atoms with Gasteiger partial charge in [0.1, 0.15) is 0 Å². The van der Waals surface area contributed by atoms with E-state index in [2.05, 4.69) is 10.5 Å². The van der Waals surface area contributed by atoms with Crippen LogP contribution in [0.15, 0.2) is 5.16 Å². The molecule has 0 atom stereocenters. The SMILES string of the molecule is N/C(CNCC(=O)O)=N/O. The molecule has 6 heteroatoms. The predicted molar refractivity (Wildman–Crippen MR) is 33.9 cm³/mol. The highest BCUT2D eigenvalue weighted by Crippen LogP contribution is 1.63. The van der Waals surface area contributed by atoms with Gasteiger partial charge < -0.3 is 16.0 Å². The Morgan fingerprint density at radius 3 is 2.60 bits per heavy atom. The minimum absolute atomic E-state index is 0.0405. The maximum atomic E-state index is 9.86. The first-order valence-electron chi connectivity index (χ1n) is 2.55. The summed E-state index contributed by atoms with van der Waals surface area (Å²) in [5.74, 6) is -1.02. The van der Waals surface area contributed by atoms with Crippen molar-refractivity contribution in [3.05, 3.63) is 0 Å². The number of nitrogens with one attached hydrogen (secondary N) is 1. The Hall–Kier alpha value is -1.30. The largest absolute Gasteiger partial charge is 0.480 e. The van der Waals surface area contributed by atoms with Gasteiger partial charge in [0.05, 0.1) is 13.1 Å². The van der Waals surface area contributed by atoms with Gasteiger partial charge in [0.2, 0.25) is 0 Å². The predicted octanol–water partition coefficient (Wildman–Crippen LogP) is -1.59. The highest BCUT2D eigenvalue weighted by Gasteiger charge is 1.95. The number of aliphatic carboxylic acids is 1. The first kappa shape index (κ1) is 8.70. The first-order valence-corrected chi connectivity index (χ1v) is 2.55. The van der Waals surface area contributed by atoms with Crippen molar-refractivity contribution in [3.63, 3.8) is 0 Å². The number of amidine groups is 1. The third kappa shape index (κ3) is 4.85. The first-order chi connectivity index (χ1) is 4.66. The van der Waals surface area contributed by atoms with Gasteiger partial charge in [0.15, 0.2) is 5.84 Å². The Kier molecular flexibility index (Phi) is 3.97. The number of hydrogen-bond donors (Lipinski definition) is 4. The molecule has 0 heterocycles. The lowest BCUT2D eigenvalue weighted by Gasteiger charge is -1.97. The Balaban J connectivity index is 3.29. The molecule has 0 unspecified atom stereocenters. The number of oxime groups is 1. The van der Waals surface area contributed by atoms with Crippen LogP contribution in [0.25, 0.3) is 0 Å².